The molecule has 2 heterocycles. The molecule has 0 saturated carbocycles. The van der Waals surface area contributed by atoms with Crippen LogP contribution in [0.25, 0.3) is 0 Å². The molecule has 0 aromatic carbocycles. The highest BCUT2D eigenvalue weighted by Gasteiger charge is 2.27. The molecular weight excluding hydrogens is 306 g/mol. The van der Waals surface area contributed by atoms with Crippen LogP contribution >= 0.6 is 15.9 Å². The second-order valence-corrected chi connectivity index (χ2v) is 6.23. The zero-order valence-corrected chi connectivity index (χ0v) is 13.6. The van der Waals surface area contributed by atoms with E-state index in [2.05, 4.69) is 53.5 Å². The minimum Gasteiger partial charge on any atom is -0.375 e. The van der Waals surface area contributed by atoms with Gasteiger partial charge in [0.05, 0.1) is 18.8 Å². The van der Waals surface area contributed by atoms with E-state index in [1.54, 1.807) is 0 Å². The Labute approximate surface area is 123 Å². The van der Waals surface area contributed by atoms with Crippen molar-refractivity contribution in [2.75, 3.05) is 18.1 Å². The van der Waals surface area contributed by atoms with Gasteiger partial charge in [-0.3, -0.25) is 0 Å². The van der Waals surface area contributed by atoms with Crippen molar-refractivity contribution in [3.8, 4) is 0 Å². The van der Waals surface area contributed by atoms with Crippen molar-refractivity contribution >= 4 is 21.7 Å². The Bertz CT molecular complexity index is 439. The topological polar surface area (TPSA) is 38.2 Å². The standard InChI is InChI=1S/C14H22BrN3O/c1-5-11-8-19-10(4)7-18(11)13-6-12(15)16-14(17-13)9(2)3/h6,9-11H,5,7-8H2,1-4H3. The molecule has 106 valence electrons. The maximum atomic E-state index is 5.74. The summed E-state index contributed by atoms with van der Waals surface area (Å²) in [5, 5.41) is 0. The number of rotatable bonds is 3. The second kappa shape index (κ2) is 6.18. The molecule has 1 aliphatic rings. The normalized spacial score (nSPS) is 24.0. The second-order valence-electron chi connectivity index (χ2n) is 5.42. The van der Waals surface area contributed by atoms with Gasteiger partial charge in [-0.25, -0.2) is 9.97 Å². The van der Waals surface area contributed by atoms with Crippen LogP contribution in [0.5, 0.6) is 0 Å². The van der Waals surface area contributed by atoms with E-state index in [-0.39, 0.29) is 6.10 Å². The van der Waals surface area contributed by atoms with Crippen LogP contribution in [0.1, 0.15) is 45.9 Å². The number of halogens is 1. The van der Waals surface area contributed by atoms with Crippen LogP contribution in [0.2, 0.25) is 0 Å². The van der Waals surface area contributed by atoms with Crippen molar-refractivity contribution in [1.29, 1.82) is 0 Å². The van der Waals surface area contributed by atoms with Crippen molar-refractivity contribution < 1.29 is 4.74 Å². The summed E-state index contributed by atoms with van der Waals surface area (Å²) in [6.45, 7) is 10.2. The van der Waals surface area contributed by atoms with Gasteiger partial charge in [-0.15, -0.1) is 0 Å². The number of aromatic nitrogens is 2. The summed E-state index contributed by atoms with van der Waals surface area (Å²) >= 11 is 3.50. The van der Waals surface area contributed by atoms with Crippen LogP contribution in [-0.2, 0) is 4.74 Å². The van der Waals surface area contributed by atoms with Gasteiger partial charge in [0.25, 0.3) is 0 Å². The van der Waals surface area contributed by atoms with E-state index < -0.39 is 0 Å². The van der Waals surface area contributed by atoms with E-state index in [0.717, 1.165) is 35.8 Å². The minimum atomic E-state index is 0.249. The molecule has 1 aliphatic heterocycles. The van der Waals surface area contributed by atoms with E-state index >= 15 is 0 Å². The lowest BCUT2D eigenvalue weighted by Crippen LogP contribution is -2.49. The lowest BCUT2D eigenvalue weighted by Gasteiger charge is -2.39. The minimum absolute atomic E-state index is 0.249. The first-order chi connectivity index (χ1) is 9.01. The molecule has 0 bridgehead atoms. The summed E-state index contributed by atoms with van der Waals surface area (Å²) < 4.78 is 6.60. The Morgan fingerprint density at radius 3 is 2.84 bits per heavy atom. The highest BCUT2D eigenvalue weighted by Crippen LogP contribution is 2.25. The van der Waals surface area contributed by atoms with Gasteiger partial charge >= 0.3 is 0 Å². The van der Waals surface area contributed by atoms with Crippen molar-refractivity contribution in [1.82, 2.24) is 9.97 Å². The predicted molar refractivity (Wildman–Crippen MR) is 80.7 cm³/mol. The van der Waals surface area contributed by atoms with Gasteiger partial charge in [-0.05, 0) is 29.3 Å². The maximum Gasteiger partial charge on any atom is 0.134 e. The molecule has 0 radical (unpaired) electrons. The van der Waals surface area contributed by atoms with Gasteiger partial charge in [-0.1, -0.05) is 20.8 Å². The Morgan fingerprint density at radius 2 is 2.21 bits per heavy atom. The zero-order chi connectivity index (χ0) is 14.0. The summed E-state index contributed by atoms with van der Waals surface area (Å²) in [5.74, 6) is 2.22. The Hall–Kier alpha value is -0.680. The first-order valence-electron chi connectivity index (χ1n) is 6.94. The summed E-state index contributed by atoms with van der Waals surface area (Å²) in [4.78, 5) is 11.5. The number of ether oxygens (including phenoxy) is 1. The summed E-state index contributed by atoms with van der Waals surface area (Å²) in [6.07, 6.45) is 1.31. The molecule has 1 aromatic heterocycles. The molecule has 0 spiro atoms. The zero-order valence-electron chi connectivity index (χ0n) is 12.1. The molecule has 1 aromatic rings. The summed E-state index contributed by atoms with van der Waals surface area (Å²) in [5.41, 5.74) is 0. The Balaban J connectivity index is 2.32. The van der Waals surface area contributed by atoms with E-state index in [1.165, 1.54) is 0 Å². The number of hydrogen-bond donors (Lipinski definition) is 0. The highest BCUT2D eigenvalue weighted by molar-refractivity contribution is 9.10. The largest absolute Gasteiger partial charge is 0.375 e. The van der Waals surface area contributed by atoms with Crippen LogP contribution in [0.3, 0.4) is 0 Å². The van der Waals surface area contributed by atoms with Crippen LogP contribution < -0.4 is 4.90 Å². The average Bonchev–Trinajstić information content (AvgIpc) is 2.37. The third kappa shape index (κ3) is 3.45. The molecular formula is C14H22BrN3O. The average molecular weight is 328 g/mol. The lowest BCUT2D eigenvalue weighted by atomic mass is 10.1. The first kappa shape index (κ1) is 14.7. The van der Waals surface area contributed by atoms with E-state index in [1.807, 2.05) is 6.07 Å². The van der Waals surface area contributed by atoms with Gasteiger partial charge in [-0.2, -0.15) is 0 Å². The van der Waals surface area contributed by atoms with Crippen LogP contribution in [0.4, 0.5) is 5.82 Å². The molecule has 1 saturated heterocycles. The number of nitrogens with zero attached hydrogens (tertiary/aromatic N) is 3. The Morgan fingerprint density at radius 1 is 1.47 bits per heavy atom. The Kier molecular flexibility index (Phi) is 4.79. The molecule has 1 fully saturated rings. The van der Waals surface area contributed by atoms with Gasteiger partial charge < -0.3 is 9.64 Å². The molecule has 19 heavy (non-hydrogen) atoms. The van der Waals surface area contributed by atoms with Crippen LogP contribution in [0.15, 0.2) is 10.7 Å². The SMILES string of the molecule is CCC1COC(C)CN1c1cc(Br)nc(C(C)C)n1. The fourth-order valence-electron chi connectivity index (χ4n) is 2.29. The van der Waals surface area contributed by atoms with Crippen molar-refractivity contribution in [2.24, 2.45) is 0 Å². The fourth-order valence-corrected chi connectivity index (χ4v) is 2.68. The van der Waals surface area contributed by atoms with Gasteiger partial charge in [0.15, 0.2) is 0 Å². The number of hydrogen-bond acceptors (Lipinski definition) is 4. The maximum absolute atomic E-state index is 5.74. The number of morpholine rings is 1. The van der Waals surface area contributed by atoms with Gasteiger partial charge in [0.2, 0.25) is 0 Å². The third-order valence-corrected chi connectivity index (χ3v) is 3.85. The quantitative estimate of drug-likeness (QED) is 0.798. The molecule has 2 unspecified atom stereocenters. The third-order valence-electron chi connectivity index (χ3n) is 3.45. The smallest absolute Gasteiger partial charge is 0.134 e. The molecule has 0 amide bonds. The lowest BCUT2D eigenvalue weighted by molar-refractivity contribution is 0.0296. The summed E-state index contributed by atoms with van der Waals surface area (Å²) in [6, 6.07) is 2.41. The van der Waals surface area contributed by atoms with E-state index in [4.69, 9.17) is 9.72 Å². The van der Waals surface area contributed by atoms with Crippen molar-refractivity contribution in [2.45, 2.75) is 52.2 Å². The van der Waals surface area contributed by atoms with Gasteiger partial charge in [0.1, 0.15) is 16.2 Å². The number of anilines is 1. The van der Waals surface area contributed by atoms with Gasteiger partial charge in [0, 0.05) is 18.5 Å². The van der Waals surface area contributed by atoms with Crippen LogP contribution in [0, 0.1) is 0 Å². The first-order valence-corrected chi connectivity index (χ1v) is 7.73. The van der Waals surface area contributed by atoms with Crippen molar-refractivity contribution in [3.63, 3.8) is 0 Å². The van der Waals surface area contributed by atoms with Crippen LogP contribution in [-0.4, -0.2) is 35.3 Å². The monoisotopic (exact) mass is 327 g/mol. The fraction of sp³-hybridized carbons (Fsp3) is 0.714. The van der Waals surface area contributed by atoms with Crippen molar-refractivity contribution in [3.05, 3.63) is 16.5 Å². The predicted octanol–water partition coefficient (Wildman–Crippen LogP) is 3.37. The molecule has 5 heteroatoms. The molecule has 0 N–H and O–H groups in total. The molecule has 2 atom stereocenters. The molecule has 0 aliphatic carbocycles. The van der Waals surface area contributed by atoms with E-state index in [0.29, 0.717) is 12.0 Å². The highest BCUT2D eigenvalue weighted by atomic mass is 79.9. The molecule has 4 nitrogen and oxygen atoms in total. The molecule has 2 rings (SSSR count). The van der Waals surface area contributed by atoms with E-state index in [9.17, 15) is 0 Å². The summed E-state index contributed by atoms with van der Waals surface area (Å²) in [7, 11) is 0.